The van der Waals surface area contributed by atoms with Gasteiger partial charge >= 0.3 is 0 Å². The van der Waals surface area contributed by atoms with Crippen molar-refractivity contribution in [3.05, 3.63) is 36.3 Å². The minimum atomic E-state index is -0.370. The molecule has 1 fully saturated rings. The van der Waals surface area contributed by atoms with Gasteiger partial charge in [0.15, 0.2) is 11.5 Å². The Morgan fingerprint density at radius 3 is 2.91 bits per heavy atom. The van der Waals surface area contributed by atoms with Crippen molar-refractivity contribution in [2.45, 2.75) is 25.8 Å². The Balaban J connectivity index is 1.80. The molecule has 1 aliphatic heterocycles. The van der Waals surface area contributed by atoms with E-state index >= 15 is 0 Å². The summed E-state index contributed by atoms with van der Waals surface area (Å²) in [5.74, 6) is -0.439. The van der Waals surface area contributed by atoms with Crippen LogP contribution >= 0.6 is 0 Å². The number of amides is 2. The number of hydrogen-bond acceptors (Lipinski definition) is 5. The Morgan fingerprint density at radius 2 is 2.22 bits per heavy atom. The van der Waals surface area contributed by atoms with E-state index in [9.17, 15) is 9.59 Å². The number of likely N-dealkylation sites (tertiary alicyclic amines) is 1. The van der Waals surface area contributed by atoms with Crippen LogP contribution in [-0.2, 0) is 4.79 Å². The largest absolute Gasteiger partial charge is 0.369 e. The lowest BCUT2D eigenvalue weighted by Gasteiger charge is -2.36. The number of nitrogens with two attached hydrogens (primary N) is 1. The molecule has 0 saturated carbocycles. The normalized spacial score (nSPS) is 21.2. The highest BCUT2D eigenvalue weighted by Crippen LogP contribution is 2.25. The van der Waals surface area contributed by atoms with Gasteiger partial charge in [-0.15, -0.1) is 0 Å². The van der Waals surface area contributed by atoms with E-state index < -0.39 is 0 Å². The van der Waals surface area contributed by atoms with Gasteiger partial charge in [0.05, 0.1) is 5.92 Å². The van der Waals surface area contributed by atoms with Crippen LogP contribution in [0.25, 0.3) is 11.3 Å². The molecule has 2 N–H and O–H groups in total. The summed E-state index contributed by atoms with van der Waals surface area (Å²) in [5.41, 5.74) is 6.35. The van der Waals surface area contributed by atoms with Gasteiger partial charge in [-0.3, -0.25) is 14.6 Å². The van der Waals surface area contributed by atoms with Gasteiger partial charge in [-0.25, -0.2) is 0 Å². The van der Waals surface area contributed by atoms with Gasteiger partial charge in [-0.05, 0) is 31.9 Å². The van der Waals surface area contributed by atoms with Crippen LogP contribution in [0, 0.1) is 5.92 Å². The lowest BCUT2D eigenvalue weighted by molar-refractivity contribution is -0.123. The average Bonchev–Trinajstić information content (AvgIpc) is 3.05. The predicted molar refractivity (Wildman–Crippen MR) is 82.2 cm³/mol. The first-order chi connectivity index (χ1) is 11.1. The van der Waals surface area contributed by atoms with E-state index in [2.05, 4.69) is 10.1 Å². The maximum atomic E-state index is 12.7. The molecule has 0 unspecified atom stereocenters. The van der Waals surface area contributed by atoms with Crippen molar-refractivity contribution in [1.29, 1.82) is 0 Å². The SMILES string of the molecule is C[C@H]1CC[C@@H](C(N)=O)CN1C(=O)c1cc(-c2cccnc2)on1. The topological polar surface area (TPSA) is 102 Å². The second-order valence-electron chi connectivity index (χ2n) is 5.80. The number of hydrogen-bond donors (Lipinski definition) is 1. The molecule has 120 valence electrons. The van der Waals surface area contributed by atoms with Crippen LogP contribution < -0.4 is 5.73 Å². The lowest BCUT2D eigenvalue weighted by Crippen LogP contribution is -2.48. The van der Waals surface area contributed by atoms with E-state index in [-0.39, 0.29) is 29.5 Å². The Bertz CT molecular complexity index is 713. The van der Waals surface area contributed by atoms with E-state index in [1.807, 2.05) is 13.0 Å². The van der Waals surface area contributed by atoms with E-state index in [0.717, 1.165) is 12.0 Å². The first-order valence-electron chi connectivity index (χ1n) is 7.53. The van der Waals surface area contributed by atoms with Gasteiger partial charge in [-0.2, -0.15) is 0 Å². The van der Waals surface area contributed by atoms with Crippen molar-refractivity contribution in [2.24, 2.45) is 11.7 Å². The third-order valence-electron chi connectivity index (χ3n) is 4.22. The molecule has 0 radical (unpaired) electrons. The van der Waals surface area contributed by atoms with Crippen LogP contribution in [0.2, 0.25) is 0 Å². The van der Waals surface area contributed by atoms with Crippen LogP contribution in [0.1, 0.15) is 30.3 Å². The summed E-state index contributed by atoms with van der Waals surface area (Å²) in [5, 5.41) is 3.86. The zero-order valence-corrected chi connectivity index (χ0v) is 12.8. The fraction of sp³-hybridized carbons (Fsp3) is 0.375. The first kappa shape index (κ1) is 15.2. The minimum absolute atomic E-state index is 0.0386. The number of carbonyl (C=O) groups excluding carboxylic acids is 2. The number of primary amides is 1. The zero-order valence-electron chi connectivity index (χ0n) is 12.8. The molecule has 1 aliphatic rings. The maximum Gasteiger partial charge on any atom is 0.276 e. The van der Waals surface area contributed by atoms with Crippen molar-refractivity contribution in [3.63, 3.8) is 0 Å². The summed E-state index contributed by atoms with van der Waals surface area (Å²) in [4.78, 5) is 29.7. The van der Waals surface area contributed by atoms with E-state index in [1.54, 1.807) is 29.4 Å². The summed E-state index contributed by atoms with van der Waals surface area (Å²) < 4.78 is 5.24. The third kappa shape index (κ3) is 3.08. The third-order valence-corrected chi connectivity index (χ3v) is 4.22. The highest BCUT2D eigenvalue weighted by atomic mass is 16.5. The monoisotopic (exact) mass is 314 g/mol. The Kier molecular flexibility index (Phi) is 4.10. The summed E-state index contributed by atoms with van der Waals surface area (Å²) in [7, 11) is 0. The van der Waals surface area contributed by atoms with Gasteiger partial charge in [0, 0.05) is 36.6 Å². The van der Waals surface area contributed by atoms with Crippen molar-refractivity contribution >= 4 is 11.8 Å². The standard InChI is InChI=1S/C16H18N4O3/c1-10-4-5-12(15(17)21)9-20(10)16(22)13-7-14(23-19-13)11-3-2-6-18-8-11/h2-3,6-8,10,12H,4-5,9H2,1H3,(H2,17,21)/t10-,12+/m0/s1. The van der Waals surface area contributed by atoms with E-state index in [1.165, 1.54) is 0 Å². The second kappa shape index (κ2) is 6.20. The molecule has 2 aromatic rings. The van der Waals surface area contributed by atoms with Gasteiger partial charge in [-0.1, -0.05) is 5.16 Å². The molecule has 0 aromatic carbocycles. The number of nitrogens with zero attached hydrogens (tertiary/aromatic N) is 3. The fourth-order valence-electron chi connectivity index (χ4n) is 2.79. The summed E-state index contributed by atoms with van der Waals surface area (Å²) >= 11 is 0. The first-order valence-corrected chi connectivity index (χ1v) is 7.53. The van der Waals surface area contributed by atoms with Gasteiger partial charge in [0.2, 0.25) is 5.91 Å². The molecule has 3 rings (SSSR count). The van der Waals surface area contributed by atoms with Crippen LogP contribution in [-0.4, -0.2) is 39.4 Å². The van der Waals surface area contributed by atoms with Crippen LogP contribution in [0.3, 0.4) is 0 Å². The predicted octanol–water partition coefficient (Wildman–Crippen LogP) is 1.46. The second-order valence-corrected chi connectivity index (χ2v) is 5.80. The van der Waals surface area contributed by atoms with Crippen molar-refractivity contribution in [1.82, 2.24) is 15.0 Å². The molecule has 0 bridgehead atoms. The molecule has 0 aliphatic carbocycles. The fourth-order valence-corrected chi connectivity index (χ4v) is 2.79. The van der Waals surface area contributed by atoms with Gasteiger partial charge in [0.1, 0.15) is 0 Å². The van der Waals surface area contributed by atoms with Gasteiger partial charge in [0.25, 0.3) is 5.91 Å². The highest BCUT2D eigenvalue weighted by Gasteiger charge is 2.33. The molecule has 0 spiro atoms. The number of carbonyl (C=O) groups is 2. The summed E-state index contributed by atoms with van der Waals surface area (Å²) in [6, 6.07) is 5.24. The van der Waals surface area contributed by atoms with E-state index in [0.29, 0.717) is 18.7 Å². The van der Waals surface area contributed by atoms with Crippen LogP contribution in [0.15, 0.2) is 35.1 Å². The lowest BCUT2D eigenvalue weighted by atomic mass is 9.92. The maximum absolute atomic E-state index is 12.7. The highest BCUT2D eigenvalue weighted by molar-refractivity contribution is 5.93. The molecular formula is C16H18N4O3. The van der Waals surface area contributed by atoms with E-state index in [4.69, 9.17) is 10.3 Å². The Hall–Kier alpha value is -2.70. The number of rotatable bonds is 3. The molecule has 2 amide bonds. The molecule has 7 heteroatoms. The minimum Gasteiger partial charge on any atom is -0.369 e. The quantitative estimate of drug-likeness (QED) is 0.924. The molecule has 3 heterocycles. The van der Waals surface area contributed by atoms with Crippen molar-refractivity contribution < 1.29 is 14.1 Å². The van der Waals surface area contributed by atoms with Gasteiger partial charge < -0.3 is 15.2 Å². The summed E-state index contributed by atoms with van der Waals surface area (Å²) in [6.07, 6.45) is 4.75. The summed E-state index contributed by atoms with van der Waals surface area (Å²) in [6.45, 7) is 2.28. The molecule has 2 atom stereocenters. The zero-order chi connectivity index (χ0) is 16.4. The smallest absolute Gasteiger partial charge is 0.276 e. The number of aromatic nitrogens is 2. The Labute approximate surface area is 133 Å². The van der Waals surface area contributed by atoms with Crippen molar-refractivity contribution in [2.75, 3.05) is 6.54 Å². The molecule has 1 saturated heterocycles. The van der Waals surface area contributed by atoms with Crippen molar-refractivity contribution in [3.8, 4) is 11.3 Å². The molecule has 23 heavy (non-hydrogen) atoms. The average molecular weight is 314 g/mol. The molecule has 7 nitrogen and oxygen atoms in total. The number of piperidine rings is 1. The number of pyridine rings is 1. The molecule has 2 aromatic heterocycles. The molecular weight excluding hydrogens is 296 g/mol. The Morgan fingerprint density at radius 1 is 1.39 bits per heavy atom. The van der Waals surface area contributed by atoms with Crippen LogP contribution in [0.5, 0.6) is 0 Å². The van der Waals surface area contributed by atoms with Crippen LogP contribution in [0.4, 0.5) is 0 Å².